The smallest absolute Gasteiger partial charge is 0.296 e. The van der Waals surface area contributed by atoms with Crippen molar-refractivity contribution in [2.24, 2.45) is 13.0 Å². The summed E-state index contributed by atoms with van der Waals surface area (Å²) in [6, 6.07) is 16.7. The van der Waals surface area contributed by atoms with Gasteiger partial charge in [0.2, 0.25) is 5.91 Å². The molecule has 1 heterocycles. The van der Waals surface area contributed by atoms with Gasteiger partial charge in [0.15, 0.2) is 0 Å². The van der Waals surface area contributed by atoms with E-state index < -0.39 is 28.0 Å². The zero-order valence-corrected chi connectivity index (χ0v) is 19.5. The Bertz CT molecular complexity index is 1250. The Kier molecular flexibility index (Phi) is 6.88. The Morgan fingerprint density at radius 2 is 1.59 bits per heavy atom. The summed E-state index contributed by atoms with van der Waals surface area (Å²) in [5, 5.41) is 2.74. The Morgan fingerprint density at radius 3 is 2.16 bits per heavy atom. The first kappa shape index (κ1) is 23.3. The van der Waals surface area contributed by atoms with E-state index in [-0.39, 0.29) is 16.5 Å². The van der Waals surface area contributed by atoms with Gasteiger partial charge in [-0.3, -0.25) is 14.3 Å². The minimum absolute atomic E-state index is 0.00516. The molecule has 1 aromatic heterocycles. The van der Waals surface area contributed by atoms with Crippen LogP contribution in [0.3, 0.4) is 0 Å². The molecule has 2 aromatic carbocycles. The summed E-state index contributed by atoms with van der Waals surface area (Å²) in [6.07, 6.45) is 0. The lowest BCUT2D eigenvalue weighted by Gasteiger charge is -2.23. The third-order valence-corrected chi connectivity index (χ3v) is 6.86. The summed E-state index contributed by atoms with van der Waals surface area (Å²) in [6.45, 7) is 5.45. The van der Waals surface area contributed by atoms with E-state index in [1.165, 1.54) is 16.8 Å². The van der Waals surface area contributed by atoms with Gasteiger partial charge in [0, 0.05) is 13.6 Å². The Labute approximate surface area is 188 Å². The molecule has 0 fully saturated rings. The van der Waals surface area contributed by atoms with E-state index in [1.54, 1.807) is 61.1 Å². The van der Waals surface area contributed by atoms with Gasteiger partial charge in [-0.2, -0.15) is 0 Å². The summed E-state index contributed by atoms with van der Waals surface area (Å²) in [4.78, 5) is 26.1. The highest BCUT2D eigenvalue weighted by molar-refractivity contribution is 7.92. The number of anilines is 1. The van der Waals surface area contributed by atoms with Crippen LogP contribution in [0.15, 0.2) is 70.4 Å². The maximum Gasteiger partial charge on any atom is 0.296 e. The summed E-state index contributed by atoms with van der Waals surface area (Å²) < 4.78 is 31.0. The normalized spacial score (nSPS) is 11.5. The van der Waals surface area contributed by atoms with Crippen molar-refractivity contribution in [3.63, 3.8) is 0 Å². The van der Waals surface area contributed by atoms with Gasteiger partial charge in [0.05, 0.1) is 16.3 Å². The summed E-state index contributed by atoms with van der Waals surface area (Å²) in [7, 11) is -2.49. The van der Waals surface area contributed by atoms with E-state index in [1.807, 2.05) is 19.9 Å². The molecule has 0 aliphatic carbocycles. The number of carbonyl (C=O) groups excluding carboxylic acids is 1. The number of para-hydroxylation sites is 1. The van der Waals surface area contributed by atoms with E-state index in [9.17, 15) is 18.0 Å². The molecule has 3 rings (SSSR count). The first-order chi connectivity index (χ1) is 15.1. The van der Waals surface area contributed by atoms with Crippen LogP contribution in [-0.2, 0) is 21.9 Å². The average Bonchev–Trinajstić information content (AvgIpc) is 2.99. The zero-order chi connectivity index (χ0) is 23.5. The molecule has 0 aliphatic rings. The van der Waals surface area contributed by atoms with Gasteiger partial charge < -0.3 is 5.32 Å². The minimum Gasteiger partial charge on any atom is -0.354 e. The molecule has 8 nitrogen and oxygen atoms in total. The van der Waals surface area contributed by atoms with E-state index in [0.29, 0.717) is 17.9 Å². The van der Waals surface area contributed by atoms with Crippen molar-refractivity contribution in [2.45, 2.75) is 25.7 Å². The predicted octanol–water partition coefficient (Wildman–Crippen LogP) is 2.45. The number of hydrogen-bond donors (Lipinski definition) is 1. The first-order valence-electron chi connectivity index (χ1n) is 10.3. The molecular formula is C23H28N4O4S. The fourth-order valence-corrected chi connectivity index (χ4v) is 4.84. The molecule has 1 amide bonds. The Morgan fingerprint density at radius 1 is 1.03 bits per heavy atom. The molecule has 0 atom stereocenters. The number of aromatic nitrogens is 2. The quantitative estimate of drug-likeness (QED) is 0.563. The van der Waals surface area contributed by atoms with Crippen LogP contribution in [0.5, 0.6) is 0 Å². The molecular weight excluding hydrogens is 428 g/mol. The van der Waals surface area contributed by atoms with Crippen molar-refractivity contribution in [1.29, 1.82) is 0 Å². The van der Waals surface area contributed by atoms with Gasteiger partial charge in [0.25, 0.3) is 15.6 Å². The van der Waals surface area contributed by atoms with Crippen LogP contribution in [0.1, 0.15) is 19.5 Å². The van der Waals surface area contributed by atoms with E-state index >= 15 is 0 Å². The van der Waals surface area contributed by atoms with Crippen molar-refractivity contribution < 1.29 is 13.2 Å². The molecule has 0 saturated heterocycles. The van der Waals surface area contributed by atoms with Crippen LogP contribution in [-0.4, -0.2) is 36.8 Å². The van der Waals surface area contributed by atoms with Crippen molar-refractivity contribution in [3.05, 3.63) is 76.7 Å². The van der Waals surface area contributed by atoms with Crippen LogP contribution < -0.4 is 15.2 Å². The molecule has 1 N–H and O–H groups in total. The van der Waals surface area contributed by atoms with Crippen LogP contribution in [0, 0.1) is 12.8 Å². The van der Waals surface area contributed by atoms with Crippen LogP contribution in [0.25, 0.3) is 5.69 Å². The van der Waals surface area contributed by atoms with Gasteiger partial charge in [0.1, 0.15) is 12.2 Å². The highest BCUT2D eigenvalue weighted by Gasteiger charge is 2.33. The molecule has 170 valence electrons. The number of nitrogens with one attached hydrogen (secondary N) is 1. The highest BCUT2D eigenvalue weighted by Crippen LogP contribution is 2.25. The number of sulfonamides is 1. The molecule has 0 saturated carbocycles. The van der Waals surface area contributed by atoms with Crippen LogP contribution >= 0.6 is 0 Å². The molecule has 32 heavy (non-hydrogen) atoms. The Balaban J connectivity index is 2.16. The van der Waals surface area contributed by atoms with Crippen molar-refractivity contribution in [1.82, 2.24) is 14.7 Å². The molecule has 0 aliphatic heterocycles. The lowest BCUT2D eigenvalue weighted by Crippen LogP contribution is -2.43. The fourth-order valence-electron chi connectivity index (χ4n) is 3.35. The number of benzene rings is 2. The molecule has 0 radical (unpaired) electrons. The Hall–Kier alpha value is -3.33. The maximum absolute atomic E-state index is 13.6. The number of rotatable bonds is 8. The van der Waals surface area contributed by atoms with Crippen molar-refractivity contribution in [3.8, 4) is 5.69 Å². The van der Waals surface area contributed by atoms with E-state index in [0.717, 1.165) is 4.31 Å². The van der Waals surface area contributed by atoms with Crippen molar-refractivity contribution in [2.75, 3.05) is 17.4 Å². The van der Waals surface area contributed by atoms with Crippen LogP contribution in [0.4, 0.5) is 5.69 Å². The summed E-state index contributed by atoms with van der Waals surface area (Å²) >= 11 is 0. The molecule has 0 bridgehead atoms. The van der Waals surface area contributed by atoms with Gasteiger partial charge in [-0.15, -0.1) is 0 Å². The lowest BCUT2D eigenvalue weighted by atomic mass is 10.2. The fraction of sp³-hybridized carbons (Fsp3) is 0.304. The number of hydrogen-bond acceptors (Lipinski definition) is 4. The number of nitrogens with zero attached hydrogens (tertiary/aromatic N) is 3. The molecule has 3 aromatic rings. The minimum atomic E-state index is -4.17. The predicted molar refractivity (Wildman–Crippen MR) is 125 cm³/mol. The lowest BCUT2D eigenvalue weighted by molar-refractivity contribution is -0.119. The molecule has 0 unspecified atom stereocenters. The number of amides is 1. The standard InChI is InChI=1S/C23H28N4O4S/c1-17(2)15-24-21(28)16-26(32(30,31)20-13-9-6-10-14-20)22-18(3)25(4)27(23(22)29)19-11-7-5-8-12-19/h5-14,17H,15-16H2,1-4H3,(H,24,28). The van der Waals surface area contributed by atoms with Gasteiger partial charge in [-0.1, -0.05) is 50.2 Å². The highest BCUT2D eigenvalue weighted by atomic mass is 32.2. The SMILES string of the molecule is Cc1c(N(CC(=O)NCC(C)C)S(=O)(=O)c2ccccc2)c(=O)n(-c2ccccc2)n1C. The number of carbonyl (C=O) groups is 1. The summed E-state index contributed by atoms with van der Waals surface area (Å²) in [5.74, 6) is -0.279. The third-order valence-electron chi connectivity index (χ3n) is 5.10. The molecule has 9 heteroatoms. The van der Waals surface area contributed by atoms with E-state index in [4.69, 9.17) is 0 Å². The second-order valence-corrected chi connectivity index (χ2v) is 9.80. The second kappa shape index (κ2) is 9.44. The largest absolute Gasteiger partial charge is 0.354 e. The molecule has 0 spiro atoms. The monoisotopic (exact) mass is 456 g/mol. The first-order valence-corrected chi connectivity index (χ1v) is 11.8. The average molecular weight is 457 g/mol. The second-order valence-electron chi connectivity index (χ2n) is 7.93. The van der Waals surface area contributed by atoms with Gasteiger partial charge in [-0.05, 0) is 37.1 Å². The zero-order valence-electron chi connectivity index (χ0n) is 18.6. The van der Waals surface area contributed by atoms with Gasteiger partial charge in [-0.25, -0.2) is 17.4 Å². The van der Waals surface area contributed by atoms with Crippen molar-refractivity contribution >= 4 is 21.6 Å². The third kappa shape index (κ3) is 4.62. The topological polar surface area (TPSA) is 93.4 Å². The van der Waals surface area contributed by atoms with Gasteiger partial charge >= 0.3 is 0 Å². The van der Waals surface area contributed by atoms with E-state index in [2.05, 4.69) is 5.32 Å². The maximum atomic E-state index is 13.6. The van der Waals surface area contributed by atoms with Crippen LogP contribution in [0.2, 0.25) is 0 Å². The summed E-state index contributed by atoms with van der Waals surface area (Å²) in [5.41, 5.74) is 0.443.